The van der Waals surface area contributed by atoms with Crippen molar-refractivity contribution in [2.24, 2.45) is 5.92 Å². The van der Waals surface area contributed by atoms with Crippen LogP contribution in [0.2, 0.25) is 18.6 Å². The Morgan fingerprint density at radius 1 is 0.800 bits per heavy atom. The Labute approximate surface area is 350 Å². The maximum absolute atomic E-state index is 15.2. The Morgan fingerprint density at radius 3 is 1.93 bits per heavy atom. The van der Waals surface area contributed by atoms with Crippen molar-refractivity contribution in [3.8, 4) is 0 Å². The van der Waals surface area contributed by atoms with Crippen LogP contribution in [0.5, 0.6) is 0 Å². The number of hydrogen-bond donors (Lipinski definition) is 6. The number of anilines is 5. The minimum absolute atomic E-state index is 0.0994. The Kier molecular flexibility index (Phi) is 11.9. The molecular weight excluding hydrogens is 777 g/mol. The van der Waals surface area contributed by atoms with Gasteiger partial charge in [-0.3, -0.25) is 19.2 Å². The molecule has 1 saturated heterocycles. The molecule has 0 aliphatic carbocycles. The first-order chi connectivity index (χ1) is 28.7. The first-order valence-electron chi connectivity index (χ1n) is 19.9. The van der Waals surface area contributed by atoms with Crippen LogP contribution in [0.1, 0.15) is 50.8 Å². The normalized spacial score (nSPS) is 19.6. The zero-order chi connectivity index (χ0) is 42.8. The quantitative estimate of drug-likeness (QED) is 0.0599. The van der Waals surface area contributed by atoms with E-state index in [9.17, 15) is 24.3 Å². The summed E-state index contributed by atoms with van der Waals surface area (Å²) in [5, 5.41) is 15.8. The van der Waals surface area contributed by atoms with Crippen LogP contribution in [0.3, 0.4) is 0 Å². The fourth-order valence-electron chi connectivity index (χ4n) is 8.58. The van der Waals surface area contributed by atoms with Crippen LogP contribution in [-0.4, -0.2) is 66.0 Å². The number of carbonyl (C=O) groups excluding carboxylic acids is 4. The average Bonchev–Trinajstić information content (AvgIpc) is 3.64. The van der Waals surface area contributed by atoms with E-state index >= 15 is 4.79 Å². The Bertz CT molecular complexity index is 2370. The molecular formula is C46H50N6O7Si. The van der Waals surface area contributed by atoms with E-state index in [1.807, 2.05) is 49.4 Å². The van der Waals surface area contributed by atoms with Crippen molar-refractivity contribution in [1.82, 2.24) is 4.90 Å². The summed E-state index contributed by atoms with van der Waals surface area (Å²) >= 11 is 0. The number of amides is 4. The molecule has 60 heavy (non-hydrogen) atoms. The largest absolute Gasteiger partial charge is 0.432 e. The van der Waals surface area contributed by atoms with E-state index in [4.69, 9.17) is 16.2 Å². The molecule has 7 rings (SSSR count). The SMILES string of the molecule is C[C@H]1[C@H]([Si](C)(C)O)[C@@H](CC(=O)N(CCO)Cc2ccccc2)O[C@]12C(=O)N(Cc1ccc(NC(=O)c3ccc(N)cc3)cc1)c1ccc(NC(=O)c3ccc(N)cc3)cc12. The van der Waals surface area contributed by atoms with E-state index in [2.05, 4.69) is 10.6 Å². The number of hydrogen-bond acceptors (Lipinski definition) is 9. The van der Waals surface area contributed by atoms with E-state index in [0.29, 0.717) is 45.1 Å². The van der Waals surface area contributed by atoms with E-state index in [1.165, 1.54) is 0 Å². The molecule has 0 radical (unpaired) electrons. The lowest BCUT2D eigenvalue weighted by molar-refractivity contribution is -0.150. The number of aliphatic hydroxyl groups is 1. The first kappa shape index (κ1) is 41.8. The van der Waals surface area contributed by atoms with Gasteiger partial charge in [0.25, 0.3) is 17.7 Å². The third kappa shape index (κ3) is 8.54. The molecule has 0 unspecified atom stereocenters. The zero-order valence-electron chi connectivity index (χ0n) is 33.8. The molecule has 13 nitrogen and oxygen atoms in total. The Hall–Kier alpha value is -6.32. The van der Waals surface area contributed by atoms with Crippen LogP contribution >= 0.6 is 0 Å². The molecule has 310 valence electrons. The highest BCUT2D eigenvalue weighted by Gasteiger charge is 2.66. The maximum Gasteiger partial charge on any atom is 0.264 e. The van der Waals surface area contributed by atoms with Gasteiger partial charge >= 0.3 is 0 Å². The predicted octanol–water partition coefficient (Wildman–Crippen LogP) is 6.11. The van der Waals surface area contributed by atoms with Gasteiger partial charge in [0, 0.05) is 64.0 Å². The number of nitrogens with zero attached hydrogens (tertiary/aromatic N) is 2. The van der Waals surface area contributed by atoms with Crippen molar-refractivity contribution in [3.63, 3.8) is 0 Å². The molecule has 5 aromatic carbocycles. The van der Waals surface area contributed by atoms with E-state index in [0.717, 1.165) is 11.1 Å². The molecule has 2 aliphatic heterocycles. The monoisotopic (exact) mass is 826 g/mol. The van der Waals surface area contributed by atoms with Crippen LogP contribution in [0.4, 0.5) is 28.4 Å². The van der Waals surface area contributed by atoms with Gasteiger partial charge in [-0.1, -0.05) is 49.4 Å². The van der Waals surface area contributed by atoms with Crippen molar-refractivity contribution in [3.05, 3.63) is 149 Å². The van der Waals surface area contributed by atoms with Crippen LogP contribution in [-0.2, 0) is 33.0 Å². The molecule has 1 spiro atoms. The number of aliphatic hydroxyl groups excluding tert-OH is 1. The fourth-order valence-corrected chi connectivity index (χ4v) is 11.1. The number of ether oxygens (including phenoxy) is 1. The lowest BCUT2D eigenvalue weighted by Crippen LogP contribution is -2.46. The van der Waals surface area contributed by atoms with Crippen molar-refractivity contribution in [2.45, 2.75) is 56.8 Å². The number of rotatable bonds is 13. The zero-order valence-corrected chi connectivity index (χ0v) is 34.8. The van der Waals surface area contributed by atoms with Gasteiger partial charge in [-0.25, -0.2) is 0 Å². The van der Waals surface area contributed by atoms with Gasteiger partial charge in [-0.15, -0.1) is 0 Å². The number of benzene rings is 5. The van der Waals surface area contributed by atoms with Gasteiger partial charge in [0.15, 0.2) is 13.9 Å². The molecule has 8 N–H and O–H groups in total. The summed E-state index contributed by atoms with van der Waals surface area (Å²) in [6.45, 7) is 5.74. The number of nitrogens with one attached hydrogen (secondary N) is 2. The van der Waals surface area contributed by atoms with E-state index in [1.54, 1.807) is 102 Å². The van der Waals surface area contributed by atoms with Crippen LogP contribution < -0.4 is 27.0 Å². The lowest BCUT2D eigenvalue weighted by Gasteiger charge is -2.32. The third-order valence-corrected chi connectivity index (χ3v) is 14.0. The molecule has 0 bridgehead atoms. The second kappa shape index (κ2) is 17.1. The summed E-state index contributed by atoms with van der Waals surface area (Å²) < 4.78 is 6.98. The third-order valence-electron chi connectivity index (χ3n) is 11.5. The van der Waals surface area contributed by atoms with Crippen molar-refractivity contribution < 1.29 is 33.8 Å². The maximum atomic E-state index is 15.2. The number of fused-ring (bicyclic) bond motifs is 2. The van der Waals surface area contributed by atoms with Crippen molar-refractivity contribution in [2.75, 3.05) is 40.2 Å². The van der Waals surface area contributed by atoms with Gasteiger partial charge in [0.05, 0.1) is 31.4 Å². The van der Waals surface area contributed by atoms with Crippen molar-refractivity contribution >= 4 is 60.4 Å². The van der Waals surface area contributed by atoms with Gasteiger partial charge in [-0.05, 0) is 103 Å². The highest BCUT2D eigenvalue weighted by Crippen LogP contribution is 2.60. The summed E-state index contributed by atoms with van der Waals surface area (Å²) in [6, 6.07) is 35.0. The lowest BCUT2D eigenvalue weighted by atomic mass is 9.82. The highest BCUT2D eigenvalue weighted by molar-refractivity contribution is 6.71. The first-order valence-corrected chi connectivity index (χ1v) is 22.9. The molecule has 1 fully saturated rings. The van der Waals surface area contributed by atoms with Gasteiger partial charge in [-0.2, -0.15) is 0 Å². The van der Waals surface area contributed by atoms with E-state index < -0.39 is 31.5 Å². The van der Waals surface area contributed by atoms with Gasteiger partial charge < -0.3 is 46.5 Å². The summed E-state index contributed by atoms with van der Waals surface area (Å²) in [6.07, 6.45) is -0.967. The highest BCUT2D eigenvalue weighted by atomic mass is 28.4. The molecule has 0 aromatic heterocycles. The predicted molar refractivity (Wildman–Crippen MR) is 234 cm³/mol. The van der Waals surface area contributed by atoms with Crippen LogP contribution in [0, 0.1) is 5.92 Å². The average molecular weight is 827 g/mol. The molecule has 4 atom stereocenters. The molecule has 4 amide bonds. The number of nitrogens with two attached hydrogens (primary N) is 2. The smallest absolute Gasteiger partial charge is 0.264 e. The summed E-state index contributed by atoms with van der Waals surface area (Å²) in [7, 11) is -3.16. The topological polar surface area (TPSA) is 201 Å². The summed E-state index contributed by atoms with van der Waals surface area (Å²) in [5.41, 5.74) is 15.1. The minimum Gasteiger partial charge on any atom is -0.432 e. The standard InChI is InChI=1S/C46H50N6O7Si/c1-29-42(60(2,3)58)40(26-41(54)51(23-24-53)27-30-7-5-4-6-8-30)59-46(29)38-25-37(50-44(56)33-13-17-35(48)18-14-33)21-22-39(38)52(45(46)57)28-31-9-19-36(20-10-31)49-43(55)32-11-15-34(47)16-12-32/h4-22,25,29,40,42,53,58H,23-24,26-28,47-48H2,1-3H3,(H,49,55)(H,50,56)/t29-,40+,42-,46+/m0/s1. The summed E-state index contributed by atoms with van der Waals surface area (Å²) in [5.74, 6) is -1.89. The molecule has 0 saturated carbocycles. The second-order valence-corrected chi connectivity index (χ2v) is 20.0. The van der Waals surface area contributed by atoms with E-state index in [-0.39, 0.29) is 56.3 Å². The molecule has 5 aromatic rings. The minimum atomic E-state index is -3.16. The molecule has 2 aliphatic rings. The van der Waals surface area contributed by atoms with Crippen molar-refractivity contribution in [1.29, 1.82) is 0 Å². The number of nitrogen functional groups attached to an aromatic ring is 2. The second-order valence-electron chi connectivity index (χ2n) is 16.1. The summed E-state index contributed by atoms with van der Waals surface area (Å²) in [4.78, 5) is 70.7. The molecule has 14 heteroatoms. The van der Waals surface area contributed by atoms with Crippen LogP contribution in [0.15, 0.2) is 121 Å². The Balaban J connectivity index is 1.21. The van der Waals surface area contributed by atoms with Gasteiger partial charge in [0.1, 0.15) is 0 Å². The van der Waals surface area contributed by atoms with Gasteiger partial charge in [0.2, 0.25) is 5.91 Å². The Morgan fingerprint density at radius 2 is 1.37 bits per heavy atom. The number of carbonyl (C=O) groups is 4. The fraction of sp³-hybridized carbons (Fsp3) is 0.261. The van der Waals surface area contributed by atoms with Crippen LogP contribution in [0.25, 0.3) is 0 Å². The molecule has 2 heterocycles.